The lowest BCUT2D eigenvalue weighted by Gasteiger charge is -2.02. The Labute approximate surface area is 65.5 Å². The predicted octanol–water partition coefficient (Wildman–Crippen LogP) is 1.44. The van der Waals surface area contributed by atoms with E-state index in [1.54, 1.807) is 24.5 Å². The zero-order chi connectivity index (χ0) is 8.10. The standard InChI is InChI=1S/C8H10N2O/c1-2-11-8(9)7-4-3-5-10-6-7/h3-6,9H,2H2,1H3. The number of ether oxygens (including phenoxy) is 1. The average molecular weight is 150 g/mol. The maximum atomic E-state index is 7.37. The fourth-order valence-electron chi connectivity index (χ4n) is 0.725. The van der Waals surface area contributed by atoms with E-state index in [0.717, 1.165) is 0 Å². The number of aromatic nitrogens is 1. The molecular weight excluding hydrogens is 140 g/mol. The van der Waals surface area contributed by atoms with Gasteiger partial charge in [0.1, 0.15) is 0 Å². The minimum absolute atomic E-state index is 0.181. The van der Waals surface area contributed by atoms with Gasteiger partial charge < -0.3 is 4.74 Å². The molecule has 0 radical (unpaired) electrons. The van der Waals surface area contributed by atoms with Gasteiger partial charge in [-0.15, -0.1) is 0 Å². The molecule has 0 bridgehead atoms. The Morgan fingerprint density at radius 1 is 1.73 bits per heavy atom. The fraction of sp³-hybridized carbons (Fsp3) is 0.250. The van der Waals surface area contributed by atoms with Crippen LogP contribution >= 0.6 is 0 Å². The molecule has 1 rings (SSSR count). The van der Waals surface area contributed by atoms with Gasteiger partial charge in [0.15, 0.2) is 0 Å². The van der Waals surface area contributed by atoms with E-state index in [-0.39, 0.29) is 5.90 Å². The van der Waals surface area contributed by atoms with Gasteiger partial charge in [0.2, 0.25) is 5.90 Å². The molecule has 1 N–H and O–H groups in total. The van der Waals surface area contributed by atoms with Crippen LogP contribution < -0.4 is 0 Å². The number of hydrogen-bond donors (Lipinski definition) is 1. The van der Waals surface area contributed by atoms with Gasteiger partial charge in [-0.2, -0.15) is 0 Å². The third-order valence-electron chi connectivity index (χ3n) is 1.21. The summed E-state index contributed by atoms with van der Waals surface area (Å²) in [7, 11) is 0. The molecule has 3 heteroatoms. The highest BCUT2D eigenvalue weighted by Gasteiger charge is 1.98. The highest BCUT2D eigenvalue weighted by molar-refractivity contribution is 5.91. The van der Waals surface area contributed by atoms with Crippen LogP contribution in [0.2, 0.25) is 0 Å². The Morgan fingerprint density at radius 3 is 3.09 bits per heavy atom. The summed E-state index contributed by atoms with van der Waals surface area (Å²) in [6.45, 7) is 2.37. The Hall–Kier alpha value is -1.38. The SMILES string of the molecule is CCOC(=N)c1cccnc1. The first-order valence-electron chi connectivity index (χ1n) is 3.46. The van der Waals surface area contributed by atoms with Gasteiger partial charge in [0.25, 0.3) is 0 Å². The quantitative estimate of drug-likeness (QED) is 0.512. The van der Waals surface area contributed by atoms with E-state index in [9.17, 15) is 0 Å². The van der Waals surface area contributed by atoms with Crippen molar-refractivity contribution in [2.45, 2.75) is 6.92 Å². The first-order chi connectivity index (χ1) is 5.34. The Kier molecular flexibility index (Phi) is 2.60. The molecule has 1 aromatic heterocycles. The largest absolute Gasteiger partial charge is 0.478 e. The van der Waals surface area contributed by atoms with Crippen molar-refractivity contribution in [3.63, 3.8) is 0 Å². The second-order valence-corrected chi connectivity index (χ2v) is 2.00. The maximum Gasteiger partial charge on any atom is 0.214 e. The molecule has 0 saturated heterocycles. The molecule has 3 nitrogen and oxygen atoms in total. The number of pyridine rings is 1. The molecule has 11 heavy (non-hydrogen) atoms. The molecule has 0 aliphatic heterocycles. The highest BCUT2D eigenvalue weighted by atomic mass is 16.5. The van der Waals surface area contributed by atoms with Crippen LogP contribution in [0.15, 0.2) is 24.5 Å². The smallest absolute Gasteiger partial charge is 0.214 e. The van der Waals surface area contributed by atoms with Crippen molar-refractivity contribution in [3.8, 4) is 0 Å². The lowest BCUT2D eigenvalue weighted by atomic mass is 10.3. The summed E-state index contributed by atoms with van der Waals surface area (Å²) in [6.07, 6.45) is 3.28. The first kappa shape index (κ1) is 7.72. The van der Waals surface area contributed by atoms with Crippen LogP contribution in [0.1, 0.15) is 12.5 Å². The normalized spacial score (nSPS) is 9.18. The van der Waals surface area contributed by atoms with Gasteiger partial charge in [0, 0.05) is 12.4 Å². The van der Waals surface area contributed by atoms with Crippen LogP contribution in [-0.2, 0) is 4.74 Å². The third kappa shape index (κ3) is 2.04. The summed E-state index contributed by atoms with van der Waals surface area (Å²) in [4.78, 5) is 3.87. The molecule has 0 aromatic carbocycles. The van der Waals surface area contributed by atoms with Crippen LogP contribution in [0.4, 0.5) is 0 Å². The number of nitrogens with zero attached hydrogens (tertiary/aromatic N) is 1. The fourth-order valence-corrected chi connectivity index (χ4v) is 0.725. The van der Waals surface area contributed by atoms with Gasteiger partial charge in [-0.3, -0.25) is 10.4 Å². The van der Waals surface area contributed by atoms with Crippen molar-refractivity contribution in [2.75, 3.05) is 6.61 Å². The molecule has 0 atom stereocenters. The third-order valence-corrected chi connectivity index (χ3v) is 1.21. The number of nitrogens with one attached hydrogen (secondary N) is 1. The van der Waals surface area contributed by atoms with Crippen molar-refractivity contribution < 1.29 is 4.74 Å². The topological polar surface area (TPSA) is 46.0 Å². The van der Waals surface area contributed by atoms with Crippen molar-refractivity contribution in [1.29, 1.82) is 5.41 Å². The molecule has 0 aliphatic carbocycles. The van der Waals surface area contributed by atoms with E-state index in [2.05, 4.69) is 4.98 Å². The van der Waals surface area contributed by atoms with E-state index >= 15 is 0 Å². The molecule has 58 valence electrons. The lowest BCUT2D eigenvalue weighted by Crippen LogP contribution is -2.04. The first-order valence-corrected chi connectivity index (χ1v) is 3.46. The van der Waals surface area contributed by atoms with Crippen molar-refractivity contribution in [2.24, 2.45) is 0 Å². The van der Waals surface area contributed by atoms with Crippen molar-refractivity contribution in [1.82, 2.24) is 4.98 Å². The van der Waals surface area contributed by atoms with Crippen molar-refractivity contribution >= 4 is 5.90 Å². The molecule has 0 fully saturated rings. The molecule has 1 heterocycles. The number of hydrogen-bond acceptors (Lipinski definition) is 3. The minimum atomic E-state index is 0.181. The summed E-state index contributed by atoms with van der Waals surface area (Å²) in [6, 6.07) is 3.58. The van der Waals surface area contributed by atoms with Gasteiger partial charge in [0.05, 0.1) is 12.2 Å². The minimum Gasteiger partial charge on any atom is -0.478 e. The molecule has 0 spiro atoms. The number of rotatable bonds is 2. The second-order valence-electron chi connectivity index (χ2n) is 2.00. The highest BCUT2D eigenvalue weighted by Crippen LogP contribution is 1.97. The van der Waals surface area contributed by atoms with Crippen LogP contribution in [-0.4, -0.2) is 17.5 Å². The van der Waals surface area contributed by atoms with Gasteiger partial charge in [-0.1, -0.05) is 0 Å². The summed E-state index contributed by atoms with van der Waals surface area (Å²) < 4.78 is 4.97. The molecular formula is C8H10N2O. The summed E-state index contributed by atoms with van der Waals surface area (Å²) >= 11 is 0. The van der Waals surface area contributed by atoms with E-state index in [1.807, 2.05) is 6.92 Å². The van der Waals surface area contributed by atoms with Crippen molar-refractivity contribution in [3.05, 3.63) is 30.1 Å². The molecule has 0 aliphatic rings. The van der Waals surface area contributed by atoms with Crippen LogP contribution in [0.25, 0.3) is 0 Å². The lowest BCUT2D eigenvalue weighted by molar-refractivity contribution is 0.325. The predicted molar refractivity (Wildman–Crippen MR) is 42.7 cm³/mol. The molecule has 1 aromatic rings. The van der Waals surface area contributed by atoms with Gasteiger partial charge in [-0.25, -0.2) is 0 Å². The monoisotopic (exact) mass is 150 g/mol. The van der Waals surface area contributed by atoms with E-state index in [1.165, 1.54) is 0 Å². The molecule has 0 amide bonds. The van der Waals surface area contributed by atoms with Crippen LogP contribution in [0.3, 0.4) is 0 Å². The van der Waals surface area contributed by atoms with Crippen LogP contribution in [0, 0.1) is 5.41 Å². The average Bonchev–Trinajstić information content (AvgIpc) is 2.07. The zero-order valence-corrected chi connectivity index (χ0v) is 6.37. The molecule has 0 unspecified atom stereocenters. The zero-order valence-electron chi connectivity index (χ0n) is 6.37. The van der Waals surface area contributed by atoms with Gasteiger partial charge in [-0.05, 0) is 19.1 Å². The summed E-state index contributed by atoms with van der Waals surface area (Å²) in [5.74, 6) is 0.181. The van der Waals surface area contributed by atoms with E-state index in [4.69, 9.17) is 10.1 Å². The Balaban J connectivity index is 2.69. The second kappa shape index (κ2) is 3.71. The van der Waals surface area contributed by atoms with Gasteiger partial charge >= 0.3 is 0 Å². The summed E-state index contributed by atoms with van der Waals surface area (Å²) in [5.41, 5.74) is 0.717. The Bertz CT molecular complexity index is 233. The summed E-state index contributed by atoms with van der Waals surface area (Å²) in [5, 5.41) is 7.37. The van der Waals surface area contributed by atoms with E-state index in [0.29, 0.717) is 12.2 Å². The van der Waals surface area contributed by atoms with E-state index < -0.39 is 0 Å². The Morgan fingerprint density at radius 2 is 2.55 bits per heavy atom. The maximum absolute atomic E-state index is 7.37. The van der Waals surface area contributed by atoms with Crippen LogP contribution in [0.5, 0.6) is 0 Å². The molecule has 0 saturated carbocycles.